The predicted octanol–water partition coefficient (Wildman–Crippen LogP) is 1.56. The second-order valence-electron chi connectivity index (χ2n) is 8.21. The van der Waals surface area contributed by atoms with Crippen LogP contribution in [0.25, 0.3) is 0 Å². The number of guanidine groups is 1. The molecule has 0 amide bonds. The molecular formula is C20H36N6O. The van der Waals surface area contributed by atoms with E-state index in [0.717, 1.165) is 38.0 Å². The largest absolute Gasteiger partial charge is 0.379 e. The van der Waals surface area contributed by atoms with Gasteiger partial charge < -0.3 is 25.2 Å². The van der Waals surface area contributed by atoms with Crippen LogP contribution in [0.5, 0.6) is 0 Å². The van der Waals surface area contributed by atoms with Gasteiger partial charge in [-0.3, -0.25) is 4.99 Å². The molecule has 2 heterocycles. The molecule has 0 aromatic carbocycles. The zero-order valence-corrected chi connectivity index (χ0v) is 17.7. The molecule has 0 aliphatic carbocycles. The van der Waals surface area contributed by atoms with Gasteiger partial charge in [0, 0.05) is 59.6 Å². The number of hydrogen-bond acceptors (Lipinski definition) is 5. The molecule has 27 heavy (non-hydrogen) atoms. The number of aliphatic imine (C=N–C) groups is 1. The summed E-state index contributed by atoms with van der Waals surface area (Å²) in [6.07, 6.45) is 2.00. The molecule has 2 rings (SSSR count). The van der Waals surface area contributed by atoms with E-state index in [1.165, 1.54) is 5.56 Å². The number of nitrogens with zero attached hydrogens (tertiary/aromatic N) is 4. The first-order valence-corrected chi connectivity index (χ1v) is 9.69. The highest BCUT2D eigenvalue weighted by atomic mass is 16.5. The van der Waals surface area contributed by atoms with Gasteiger partial charge in [-0.2, -0.15) is 0 Å². The van der Waals surface area contributed by atoms with Crippen LogP contribution >= 0.6 is 0 Å². The van der Waals surface area contributed by atoms with Gasteiger partial charge in [0.1, 0.15) is 5.82 Å². The third-order valence-corrected chi connectivity index (χ3v) is 5.03. The first-order chi connectivity index (χ1) is 12.8. The van der Waals surface area contributed by atoms with Crippen LogP contribution in [0.15, 0.2) is 23.3 Å². The van der Waals surface area contributed by atoms with Crippen molar-refractivity contribution in [1.29, 1.82) is 0 Å². The fourth-order valence-corrected chi connectivity index (χ4v) is 3.12. The van der Waals surface area contributed by atoms with Crippen molar-refractivity contribution in [2.45, 2.75) is 33.4 Å². The number of rotatable bonds is 6. The third-order valence-electron chi connectivity index (χ3n) is 5.03. The van der Waals surface area contributed by atoms with Gasteiger partial charge in [0.05, 0.1) is 6.10 Å². The highest BCUT2D eigenvalue weighted by molar-refractivity contribution is 5.79. The molecule has 2 N–H and O–H groups in total. The van der Waals surface area contributed by atoms with E-state index in [0.29, 0.717) is 13.1 Å². The minimum Gasteiger partial charge on any atom is -0.379 e. The zero-order chi connectivity index (χ0) is 19.9. The number of pyridine rings is 1. The minimum atomic E-state index is 0.0725. The van der Waals surface area contributed by atoms with Crippen molar-refractivity contribution in [3.8, 4) is 0 Å². The Balaban J connectivity index is 1.88. The number of anilines is 1. The summed E-state index contributed by atoms with van der Waals surface area (Å²) in [7, 11) is 5.71. The van der Waals surface area contributed by atoms with Crippen molar-refractivity contribution in [2.24, 2.45) is 10.4 Å². The third kappa shape index (κ3) is 6.66. The summed E-state index contributed by atoms with van der Waals surface area (Å²) in [6.45, 7) is 12.1. The Bertz CT molecular complexity index is 605. The maximum atomic E-state index is 5.60. The van der Waals surface area contributed by atoms with E-state index < -0.39 is 0 Å². The van der Waals surface area contributed by atoms with E-state index in [4.69, 9.17) is 4.74 Å². The second-order valence-corrected chi connectivity index (χ2v) is 8.21. The number of likely N-dealkylation sites (N-methyl/N-ethyl adjacent to an activating group) is 1. The molecule has 0 spiro atoms. The molecule has 1 atom stereocenters. The van der Waals surface area contributed by atoms with Gasteiger partial charge in [-0.15, -0.1) is 0 Å². The lowest BCUT2D eigenvalue weighted by atomic mass is 9.89. The molecule has 0 saturated carbocycles. The number of nitrogens with one attached hydrogen (secondary N) is 2. The second kappa shape index (κ2) is 9.90. The summed E-state index contributed by atoms with van der Waals surface area (Å²) >= 11 is 0. The van der Waals surface area contributed by atoms with Gasteiger partial charge in [0.25, 0.3) is 0 Å². The fourth-order valence-electron chi connectivity index (χ4n) is 3.12. The lowest BCUT2D eigenvalue weighted by Crippen LogP contribution is -2.45. The number of aromatic nitrogens is 1. The van der Waals surface area contributed by atoms with Gasteiger partial charge in [-0.1, -0.05) is 20.8 Å². The molecule has 1 unspecified atom stereocenters. The fraction of sp³-hybridized carbons (Fsp3) is 0.700. The Morgan fingerprint density at radius 2 is 1.96 bits per heavy atom. The van der Waals surface area contributed by atoms with Crippen LogP contribution in [0, 0.1) is 5.41 Å². The summed E-state index contributed by atoms with van der Waals surface area (Å²) in [5.74, 6) is 1.83. The molecule has 7 nitrogen and oxygen atoms in total. The van der Waals surface area contributed by atoms with Crippen LogP contribution < -0.4 is 15.5 Å². The minimum absolute atomic E-state index is 0.0725. The van der Waals surface area contributed by atoms with E-state index in [-0.39, 0.29) is 11.5 Å². The van der Waals surface area contributed by atoms with Crippen molar-refractivity contribution in [2.75, 3.05) is 58.8 Å². The Hall–Kier alpha value is -1.86. The Labute approximate surface area is 164 Å². The first-order valence-electron chi connectivity index (χ1n) is 9.69. The molecule has 152 valence electrons. The molecule has 7 heteroatoms. The molecular weight excluding hydrogens is 340 g/mol. The van der Waals surface area contributed by atoms with Gasteiger partial charge in [-0.25, -0.2) is 4.98 Å². The maximum absolute atomic E-state index is 5.60. The predicted molar refractivity (Wildman–Crippen MR) is 112 cm³/mol. The monoisotopic (exact) mass is 376 g/mol. The molecule has 1 aromatic rings. The smallest absolute Gasteiger partial charge is 0.191 e. The number of hydrogen-bond donors (Lipinski definition) is 2. The quantitative estimate of drug-likeness (QED) is 0.580. The van der Waals surface area contributed by atoms with Crippen molar-refractivity contribution in [1.82, 2.24) is 20.5 Å². The summed E-state index contributed by atoms with van der Waals surface area (Å²) in [6, 6.07) is 4.21. The highest BCUT2D eigenvalue weighted by Gasteiger charge is 2.24. The van der Waals surface area contributed by atoms with Crippen LogP contribution in [-0.4, -0.2) is 75.9 Å². The van der Waals surface area contributed by atoms with E-state index in [9.17, 15) is 0 Å². The average molecular weight is 377 g/mol. The van der Waals surface area contributed by atoms with Crippen LogP contribution in [0.3, 0.4) is 0 Å². The molecule has 1 saturated heterocycles. The molecule has 1 aromatic heterocycles. The van der Waals surface area contributed by atoms with Crippen molar-refractivity contribution in [3.05, 3.63) is 23.9 Å². The molecule has 1 aliphatic heterocycles. The van der Waals surface area contributed by atoms with Crippen LogP contribution in [0.2, 0.25) is 0 Å². The number of piperazine rings is 1. The normalized spacial score (nSPS) is 17.7. The number of ether oxygens (including phenoxy) is 1. The Morgan fingerprint density at radius 1 is 1.26 bits per heavy atom. The molecule has 0 bridgehead atoms. The topological polar surface area (TPSA) is 65.0 Å². The summed E-state index contributed by atoms with van der Waals surface area (Å²) < 4.78 is 5.60. The van der Waals surface area contributed by atoms with Crippen LogP contribution in [-0.2, 0) is 11.3 Å². The zero-order valence-electron chi connectivity index (χ0n) is 17.7. The SMILES string of the molecule is CN=C(NCc1ccnc(N2CCN(C)CC2)c1)NCC(OC)C(C)(C)C. The van der Waals surface area contributed by atoms with Crippen LogP contribution in [0.4, 0.5) is 5.82 Å². The number of methoxy groups -OCH3 is 1. The van der Waals surface area contributed by atoms with E-state index in [1.54, 1.807) is 14.2 Å². The maximum Gasteiger partial charge on any atom is 0.191 e. The van der Waals surface area contributed by atoms with Gasteiger partial charge in [0.2, 0.25) is 0 Å². The van der Waals surface area contributed by atoms with Crippen LogP contribution in [0.1, 0.15) is 26.3 Å². The van der Waals surface area contributed by atoms with Crippen molar-refractivity contribution in [3.63, 3.8) is 0 Å². The van der Waals surface area contributed by atoms with E-state index >= 15 is 0 Å². The van der Waals surface area contributed by atoms with Crippen molar-refractivity contribution >= 4 is 11.8 Å². The Kier molecular flexibility index (Phi) is 7.86. The standard InChI is InChI=1S/C20H36N6O/c1-20(2,3)17(27-6)15-24-19(21-4)23-14-16-7-8-22-18(13-16)26-11-9-25(5)10-12-26/h7-8,13,17H,9-12,14-15H2,1-6H3,(H2,21,23,24). The summed E-state index contributed by atoms with van der Waals surface area (Å²) in [4.78, 5) is 13.6. The molecule has 1 aliphatic rings. The lowest BCUT2D eigenvalue weighted by Gasteiger charge is -2.33. The highest BCUT2D eigenvalue weighted by Crippen LogP contribution is 2.21. The van der Waals surface area contributed by atoms with Gasteiger partial charge >= 0.3 is 0 Å². The van der Waals surface area contributed by atoms with Crippen molar-refractivity contribution < 1.29 is 4.74 Å². The van der Waals surface area contributed by atoms with E-state index in [1.807, 2.05) is 12.3 Å². The summed E-state index contributed by atoms with van der Waals surface area (Å²) in [5.41, 5.74) is 1.27. The molecule has 0 radical (unpaired) electrons. The first kappa shape index (κ1) is 21.4. The Morgan fingerprint density at radius 3 is 2.56 bits per heavy atom. The van der Waals surface area contributed by atoms with E-state index in [2.05, 4.69) is 64.3 Å². The summed E-state index contributed by atoms with van der Waals surface area (Å²) in [5, 5.41) is 6.75. The van der Waals surface area contributed by atoms with Gasteiger partial charge in [0.15, 0.2) is 5.96 Å². The van der Waals surface area contributed by atoms with Gasteiger partial charge in [-0.05, 0) is 30.2 Å². The lowest BCUT2D eigenvalue weighted by molar-refractivity contribution is 0.0205. The molecule has 1 fully saturated rings. The average Bonchev–Trinajstić information content (AvgIpc) is 2.64.